The van der Waals surface area contributed by atoms with Crippen LogP contribution in [0.1, 0.15) is 25.6 Å². The Morgan fingerprint density at radius 3 is 2.75 bits per heavy atom. The van der Waals surface area contributed by atoms with Crippen LogP contribution in [0.4, 0.5) is 5.82 Å². The van der Waals surface area contributed by atoms with E-state index < -0.39 is 38.4 Å². The minimum absolute atomic E-state index is 0.285. The van der Waals surface area contributed by atoms with Crippen molar-refractivity contribution < 1.29 is 34.0 Å². The van der Waals surface area contributed by atoms with Gasteiger partial charge in [0.05, 0.1) is 18.5 Å². The lowest BCUT2D eigenvalue weighted by molar-refractivity contribution is -0.0402. The molecular weight excluding hydrogens is 393 g/mol. The molecule has 0 unspecified atom stereocenters. The van der Waals surface area contributed by atoms with Crippen LogP contribution in [0.5, 0.6) is 0 Å². The molecule has 5 N–H and O–H groups in total. The number of hydrogen-bond donors (Lipinski definition) is 5. The Kier molecular flexibility index (Phi) is 6.30. The van der Waals surface area contributed by atoms with Gasteiger partial charge in [0.2, 0.25) is 0 Å². The molecule has 156 valence electrons. The van der Waals surface area contributed by atoms with Crippen LogP contribution in [-0.4, -0.2) is 77.4 Å². The molecule has 3 rings (SSSR count). The first-order valence-electron chi connectivity index (χ1n) is 8.74. The summed E-state index contributed by atoms with van der Waals surface area (Å²) in [7, 11) is -4.33. The summed E-state index contributed by atoms with van der Waals surface area (Å²) in [5, 5.41) is 27.9. The van der Waals surface area contributed by atoms with Gasteiger partial charge in [-0.3, -0.25) is 4.57 Å². The van der Waals surface area contributed by atoms with Crippen molar-refractivity contribution in [2.24, 2.45) is 5.92 Å². The summed E-state index contributed by atoms with van der Waals surface area (Å²) in [5.41, 5.74) is 0.860. The molecule has 1 aliphatic heterocycles. The van der Waals surface area contributed by atoms with Crippen LogP contribution in [0.15, 0.2) is 12.5 Å². The predicted molar refractivity (Wildman–Crippen MR) is 96.6 cm³/mol. The summed E-state index contributed by atoms with van der Waals surface area (Å²) in [6.07, 6.45) is -2.46. The minimum Gasteiger partial charge on any atom is -0.387 e. The van der Waals surface area contributed by atoms with E-state index in [2.05, 4.69) is 34.2 Å². The highest BCUT2D eigenvalue weighted by molar-refractivity contribution is 7.51. The van der Waals surface area contributed by atoms with E-state index >= 15 is 0 Å². The number of rotatable bonds is 8. The molecule has 0 aliphatic carbocycles. The number of nitrogens with one attached hydrogen (secondary N) is 1. The number of hydrogen-bond acceptors (Lipinski definition) is 9. The normalized spacial score (nSPS) is 25.7. The highest BCUT2D eigenvalue weighted by Crippen LogP contribution is 2.36. The van der Waals surface area contributed by atoms with Gasteiger partial charge >= 0.3 is 7.60 Å². The summed E-state index contributed by atoms with van der Waals surface area (Å²) in [5.74, 6) is 0.929. The van der Waals surface area contributed by atoms with Gasteiger partial charge in [0, 0.05) is 6.54 Å². The molecule has 1 fully saturated rings. The number of imidazole rings is 1. The molecule has 0 aromatic carbocycles. The zero-order chi connectivity index (χ0) is 20.5. The smallest absolute Gasteiger partial charge is 0.350 e. The molecule has 4 atom stereocenters. The summed E-state index contributed by atoms with van der Waals surface area (Å²) < 4.78 is 22.9. The topological polar surface area (TPSA) is 172 Å². The summed E-state index contributed by atoms with van der Waals surface area (Å²) in [6.45, 7) is 4.52. The van der Waals surface area contributed by atoms with E-state index in [9.17, 15) is 14.8 Å². The fourth-order valence-electron chi connectivity index (χ4n) is 2.87. The maximum Gasteiger partial charge on any atom is 0.350 e. The number of ether oxygens (including phenoxy) is 2. The number of anilines is 1. The second kappa shape index (κ2) is 8.37. The Labute approximate surface area is 160 Å². The third-order valence-electron chi connectivity index (χ3n) is 4.20. The standard InChI is InChI=1S/C15H24N5O7P/c1-8(2)3-16-14-15-17-4-9(20(15)19-6-18-14)13-12(22)11(21)10(27-13)5-26-7-28(23,24)25/h4,6,8,10-13,21-22H,3,5,7H2,1-2H3,(H,16,18,19)(H2,23,24,25)/t10-,11-,12-,13+/m1/s1. The van der Waals surface area contributed by atoms with Crippen LogP contribution < -0.4 is 5.32 Å². The molecular formula is C15H24N5O7P. The van der Waals surface area contributed by atoms with Crippen LogP contribution >= 0.6 is 7.60 Å². The predicted octanol–water partition coefficient (Wildman–Crippen LogP) is -0.494. The average Bonchev–Trinajstić information content (AvgIpc) is 3.15. The van der Waals surface area contributed by atoms with Crippen molar-refractivity contribution in [3.05, 3.63) is 18.2 Å². The van der Waals surface area contributed by atoms with Gasteiger partial charge in [0.15, 0.2) is 11.5 Å². The lowest BCUT2D eigenvalue weighted by Crippen LogP contribution is -2.33. The minimum atomic E-state index is -4.33. The van der Waals surface area contributed by atoms with Crippen molar-refractivity contribution in [2.45, 2.75) is 38.3 Å². The van der Waals surface area contributed by atoms with E-state index in [4.69, 9.17) is 19.3 Å². The molecule has 1 saturated heterocycles. The zero-order valence-electron chi connectivity index (χ0n) is 15.4. The molecule has 12 nitrogen and oxygen atoms in total. The van der Waals surface area contributed by atoms with Gasteiger partial charge in [-0.2, -0.15) is 5.10 Å². The van der Waals surface area contributed by atoms with Gasteiger partial charge in [0.25, 0.3) is 0 Å². The second-order valence-electron chi connectivity index (χ2n) is 7.04. The fourth-order valence-corrected chi connectivity index (χ4v) is 3.22. The van der Waals surface area contributed by atoms with Gasteiger partial charge in [-0.1, -0.05) is 13.8 Å². The van der Waals surface area contributed by atoms with Gasteiger partial charge < -0.3 is 34.8 Å². The molecule has 0 spiro atoms. The molecule has 3 heterocycles. The number of aliphatic hydroxyl groups is 2. The Morgan fingerprint density at radius 1 is 1.32 bits per heavy atom. The lowest BCUT2D eigenvalue weighted by Gasteiger charge is -2.15. The molecule has 2 aromatic heterocycles. The SMILES string of the molecule is CC(C)CNc1ncnn2c([C@@H]3O[C@H](COCP(=O)(O)O)[C@@H](O)[C@H]3O)cnc12. The van der Waals surface area contributed by atoms with Gasteiger partial charge in [-0.25, -0.2) is 14.5 Å². The van der Waals surface area contributed by atoms with Crippen molar-refractivity contribution in [3.63, 3.8) is 0 Å². The van der Waals surface area contributed by atoms with E-state index in [1.54, 1.807) is 0 Å². The number of fused-ring (bicyclic) bond motifs is 1. The number of aromatic nitrogens is 4. The molecule has 1 aliphatic rings. The van der Waals surface area contributed by atoms with Gasteiger partial charge in [-0.15, -0.1) is 0 Å². The van der Waals surface area contributed by atoms with Crippen LogP contribution in [0.25, 0.3) is 5.65 Å². The third kappa shape index (κ3) is 4.66. The molecule has 0 saturated carbocycles. The quantitative estimate of drug-likeness (QED) is 0.351. The third-order valence-corrected chi connectivity index (χ3v) is 4.72. The van der Waals surface area contributed by atoms with Crippen LogP contribution in [0, 0.1) is 5.92 Å². The van der Waals surface area contributed by atoms with E-state index in [1.807, 2.05) is 0 Å². The Hall–Kier alpha value is -1.66. The van der Waals surface area contributed by atoms with E-state index in [-0.39, 0.29) is 6.61 Å². The van der Waals surface area contributed by atoms with E-state index in [0.29, 0.717) is 29.6 Å². The summed E-state index contributed by atoms with van der Waals surface area (Å²) >= 11 is 0. The average molecular weight is 417 g/mol. The lowest BCUT2D eigenvalue weighted by atomic mass is 10.1. The molecule has 0 amide bonds. The molecule has 0 radical (unpaired) electrons. The maximum absolute atomic E-state index is 10.9. The highest BCUT2D eigenvalue weighted by Gasteiger charge is 2.45. The van der Waals surface area contributed by atoms with Gasteiger partial charge in [-0.05, 0) is 5.92 Å². The maximum atomic E-state index is 10.9. The van der Waals surface area contributed by atoms with Crippen LogP contribution in [0.3, 0.4) is 0 Å². The van der Waals surface area contributed by atoms with E-state index in [0.717, 1.165) is 0 Å². The molecule has 28 heavy (non-hydrogen) atoms. The first-order valence-corrected chi connectivity index (χ1v) is 10.5. The van der Waals surface area contributed by atoms with Crippen molar-refractivity contribution in [1.82, 2.24) is 19.6 Å². The Bertz CT molecular complexity index is 856. The Balaban J connectivity index is 1.76. The zero-order valence-corrected chi connectivity index (χ0v) is 16.3. The largest absolute Gasteiger partial charge is 0.387 e. The van der Waals surface area contributed by atoms with Crippen molar-refractivity contribution in [3.8, 4) is 0 Å². The van der Waals surface area contributed by atoms with Crippen molar-refractivity contribution in [1.29, 1.82) is 0 Å². The van der Waals surface area contributed by atoms with Gasteiger partial charge in [0.1, 0.15) is 37.1 Å². The monoisotopic (exact) mass is 417 g/mol. The van der Waals surface area contributed by atoms with Crippen LogP contribution in [0.2, 0.25) is 0 Å². The number of aliphatic hydroxyl groups excluding tert-OH is 2. The van der Waals surface area contributed by atoms with E-state index in [1.165, 1.54) is 17.0 Å². The van der Waals surface area contributed by atoms with Crippen molar-refractivity contribution in [2.75, 3.05) is 24.8 Å². The van der Waals surface area contributed by atoms with Crippen molar-refractivity contribution >= 4 is 19.1 Å². The highest BCUT2D eigenvalue weighted by atomic mass is 31.2. The second-order valence-corrected chi connectivity index (χ2v) is 8.63. The molecule has 0 bridgehead atoms. The van der Waals surface area contributed by atoms with Crippen LogP contribution in [-0.2, 0) is 14.0 Å². The molecule has 13 heteroatoms. The first kappa shape index (κ1) is 21.1. The number of nitrogens with zero attached hydrogens (tertiary/aromatic N) is 4. The first-order chi connectivity index (χ1) is 13.2. The Morgan fingerprint density at radius 2 is 2.07 bits per heavy atom. The summed E-state index contributed by atoms with van der Waals surface area (Å²) in [6, 6.07) is 0. The summed E-state index contributed by atoms with van der Waals surface area (Å²) in [4.78, 5) is 26.1. The molecule has 2 aromatic rings. The fraction of sp³-hybridized carbons (Fsp3) is 0.667.